The second-order valence-electron chi connectivity index (χ2n) is 7.69. The van der Waals surface area contributed by atoms with Crippen molar-refractivity contribution < 1.29 is 19.1 Å². The lowest BCUT2D eigenvalue weighted by molar-refractivity contribution is -0.123. The average Bonchev–Trinajstić information content (AvgIpc) is 3.08. The van der Waals surface area contributed by atoms with E-state index in [9.17, 15) is 9.59 Å². The van der Waals surface area contributed by atoms with Crippen LogP contribution in [-0.4, -0.2) is 23.2 Å². The number of ether oxygens (including phenoxy) is 2. The molecule has 1 aliphatic heterocycles. The third kappa shape index (κ3) is 5.74. The van der Waals surface area contributed by atoms with Crippen molar-refractivity contribution in [3.8, 4) is 11.5 Å². The van der Waals surface area contributed by atoms with Gasteiger partial charge < -0.3 is 9.47 Å². The number of imide groups is 1. The third-order valence-corrected chi connectivity index (χ3v) is 7.33. The van der Waals surface area contributed by atoms with Gasteiger partial charge in [0.2, 0.25) is 0 Å². The number of thioether (sulfide) groups is 1. The molecule has 174 valence electrons. The quantitative estimate of drug-likeness (QED) is 0.265. The van der Waals surface area contributed by atoms with E-state index in [2.05, 4.69) is 31.9 Å². The highest BCUT2D eigenvalue weighted by molar-refractivity contribution is 9.10. The van der Waals surface area contributed by atoms with Gasteiger partial charge in [-0.25, -0.2) is 0 Å². The van der Waals surface area contributed by atoms with Gasteiger partial charge in [0.1, 0.15) is 6.61 Å². The normalized spacial score (nSPS) is 14.7. The molecule has 1 saturated heterocycles. The molecule has 2 amide bonds. The van der Waals surface area contributed by atoms with Crippen LogP contribution in [0.5, 0.6) is 11.5 Å². The minimum atomic E-state index is -0.316. The molecule has 3 aromatic carbocycles. The molecule has 1 fully saturated rings. The minimum absolute atomic E-state index is 0.228. The van der Waals surface area contributed by atoms with E-state index in [0.29, 0.717) is 28.6 Å². The predicted octanol–water partition coefficient (Wildman–Crippen LogP) is 7.34. The Balaban J connectivity index is 1.52. The van der Waals surface area contributed by atoms with Crippen LogP contribution in [0.2, 0.25) is 0 Å². The predicted molar refractivity (Wildman–Crippen MR) is 142 cm³/mol. The Labute approximate surface area is 219 Å². The molecule has 0 aromatic heterocycles. The number of carbonyl (C=O) groups is 2. The van der Waals surface area contributed by atoms with E-state index >= 15 is 0 Å². The average molecular weight is 603 g/mol. The zero-order valence-corrected chi connectivity index (χ0v) is 22.5. The van der Waals surface area contributed by atoms with Crippen LogP contribution in [0.1, 0.15) is 22.3 Å². The Morgan fingerprint density at radius 1 is 0.941 bits per heavy atom. The van der Waals surface area contributed by atoms with Gasteiger partial charge in [-0.1, -0.05) is 73.8 Å². The van der Waals surface area contributed by atoms with Crippen LogP contribution in [0.3, 0.4) is 0 Å². The van der Waals surface area contributed by atoms with Gasteiger partial charge in [-0.15, -0.1) is 0 Å². The van der Waals surface area contributed by atoms with E-state index in [-0.39, 0.29) is 17.7 Å². The number of aryl methyl sites for hydroxylation is 1. The summed E-state index contributed by atoms with van der Waals surface area (Å²) >= 11 is 7.88. The summed E-state index contributed by atoms with van der Waals surface area (Å²) in [4.78, 5) is 27.1. The maximum Gasteiger partial charge on any atom is 0.293 e. The van der Waals surface area contributed by atoms with Crippen molar-refractivity contribution in [1.82, 2.24) is 4.90 Å². The zero-order chi connectivity index (χ0) is 24.2. The minimum Gasteiger partial charge on any atom is -0.493 e. The standard InChI is InChI=1S/C26H21Br2NO4S/c1-16-3-5-18(6-4-16)15-33-23-13-21(28)19(11-22(23)32-2)12-24-25(30)29(26(31)34-24)14-17-7-9-20(27)10-8-17/h3-13H,14-15H2,1-2H3/b24-12-. The Kier molecular flexibility index (Phi) is 7.80. The fraction of sp³-hybridized carbons (Fsp3) is 0.154. The highest BCUT2D eigenvalue weighted by Crippen LogP contribution is 2.38. The molecule has 0 atom stereocenters. The Bertz CT molecular complexity index is 1260. The molecule has 4 rings (SSSR count). The third-order valence-electron chi connectivity index (χ3n) is 5.21. The number of benzene rings is 3. The van der Waals surface area contributed by atoms with Gasteiger partial charge in [0.15, 0.2) is 11.5 Å². The first kappa shape index (κ1) is 24.6. The van der Waals surface area contributed by atoms with Crippen LogP contribution < -0.4 is 9.47 Å². The summed E-state index contributed by atoms with van der Waals surface area (Å²) in [5.74, 6) is 0.801. The molecule has 0 unspecified atom stereocenters. The molecule has 0 N–H and O–H groups in total. The maximum absolute atomic E-state index is 12.9. The van der Waals surface area contributed by atoms with Crippen molar-refractivity contribution >= 4 is 60.8 Å². The molecule has 0 saturated carbocycles. The smallest absolute Gasteiger partial charge is 0.293 e. The molecule has 5 nitrogen and oxygen atoms in total. The summed E-state index contributed by atoms with van der Waals surface area (Å²) in [6.07, 6.45) is 1.70. The number of carbonyl (C=O) groups excluding carboxylic acids is 2. The van der Waals surface area contributed by atoms with Gasteiger partial charge >= 0.3 is 0 Å². The molecule has 0 bridgehead atoms. The van der Waals surface area contributed by atoms with E-state index in [1.54, 1.807) is 19.3 Å². The summed E-state index contributed by atoms with van der Waals surface area (Å²) in [6, 6.07) is 19.3. The van der Waals surface area contributed by atoms with Gasteiger partial charge in [-0.2, -0.15) is 0 Å². The number of methoxy groups -OCH3 is 1. The molecule has 34 heavy (non-hydrogen) atoms. The van der Waals surface area contributed by atoms with Crippen LogP contribution in [0.4, 0.5) is 4.79 Å². The van der Waals surface area contributed by atoms with Crippen molar-refractivity contribution in [1.29, 1.82) is 0 Å². The van der Waals surface area contributed by atoms with Gasteiger partial charge in [-0.3, -0.25) is 14.5 Å². The van der Waals surface area contributed by atoms with E-state index < -0.39 is 0 Å². The van der Waals surface area contributed by atoms with Gasteiger partial charge in [0.25, 0.3) is 11.1 Å². The number of halogens is 2. The SMILES string of the molecule is COc1cc(/C=C2\SC(=O)N(Cc3ccc(Br)cc3)C2=O)c(Br)cc1OCc1ccc(C)cc1. The number of rotatable bonds is 7. The second kappa shape index (κ2) is 10.8. The van der Waals surface area contributed by atoms with Gasteiger partial charge in [0.05, 0.1) is 18.6 Å². The molecule has 0 aliphatic carbocycles. The largest absolute Gasteiger partial charge is 0.493 e. The molecule has 1 heterocycles. The first-order valence-electron chi connectivity index (χ1n) is 10.4. The molecule has 3 aromatic rings. The van der Waals surface area contributed by atoms with Crippen LogP contribution in [0, 0.1) is 6.92 Å². The highest BCUT2D eigenvalue weighted by Gasteiger charge is 2.35. The second-order valence-corrected chi connectivity index (χ2v) is 10.5. The van der Waals surface area contributed by atoms with E-state index in [1.807, 2.05) is 61.5 Å². The summed E-state index contributed by atoms with van der Waals surface area (Å²) in [7, 11) is 1.57. The van der Waals surface area contributed by atoms with Crippen LogP contribution >= 0.6 is 43.6 Å². The van der Waals surface area contributed by atoms with Crippen molar-refractivity contribution in [3.63, 3.8) is 0 Å². The molecule has 8 heteroatoms. The van der Waals surface area contributed by atoms with Gasteiger partial charge in [0, 0.05) is 8.95 Å². The molecular weight excluding hydrogens is 582 g/mol. The maximum atomic E-state index is 12.9. The first-order chi connectivity index (χ1) is 16.3. The monoisotopic (exact) mass is 601 g/mol. The first-order valence-corrected chi connectivity index (χ1v) is 12.8. The van der Waals surface area contributed by atoms with Crippen LogP contribution in [0.15, 0.2) is 74.5 Å². The van der Waals surface area contributed by atoms with E-state index in [4.69, 9.17) is 9.47 Å². The van der Waals surface area contributed by atoms with Crippen molar-refractivity contribution in [2.75, 3.05) is 7.11 Å². The summed E-state index contributed by atoms with van der Waals surface area (Å²) in [6.45, 7) is 2.67. The fourth-order valence-electron chi connectivity index (χ4n) is 3.33. The zero-order valence-electron chi connectivity index (χ0n) is 18.5. The number of hydrogen-bond acceptors (Lipinski definition) is 5. The highest BCUT2D eigenvalue weighted by atomic mass is 79.9. The molecule has 0 spiro atoms. The number of amides is 2. The van der Waals surface area contributed by atoms with E-state index in [0.717, 1.165) is 31.8 Å². The summed E-state index contributed by atoms with van der Waals surface area (Å²) in [5.41, 5.74) is 3.83. The Morgan fingerprint density at radius 3 is 2.29 bits per heavy atom. The molecule has 1 aliphatic rings. The van der Waals surface area contributed by atoms with Crippen LogP contribution in [-0.2, 0) is 17.9 Å². The lowest BCUT2D eigenvalue weighted by Crippen LogP contribution is -2.27. The Morgan fingerprint density at radius 2 is 1.62 bits per heavy atom. The van der Waals surface area contributed by atoms with Crippen LogP contribution in [0.25, 0.3) is 6.08 Å². The van der Waals surface area contributed by atoms with E-state index in [1.165, 1.54) is 10.5 Å². The number of nitrogens with zero attached hydrogens (tertiary/aromatic N) is 1. The van der Waals surface area contributed by atoms with Crippen molar-refractivity contribution in [2.24, 2.45) is 0 Å². The lowest BCUT2D eigenvalue weighted by atomic mass is 10.1. The molecule has 0 radical (unpaired) electrons. The lowest BCUT2D eigenvalue weighted by Gasteiger charge is -2.14. The topological polar surface area (TPSA) is 55.8 Å². The molecular formula is C26H21Br2NO4S. The van der Waals surface area contributed by atoms with Crippen molar-refractivity contribution in [2.45, 2.75) is 20.1 Å². The van der Waals surface area contributed by atoms with Gasteiger partial charge in [-0.05, 0) is 65.7 Å². The Hall–Kier alpha value is -2.55. The number of hydrogen-bond donors (Lipinski definition) is 0. The fourth-order valence-corrected chi connectivity index (χ4v) is 4.86. The van der Waals surface area contributed by atoms with Crippen molar-refractivity contribution in [3.05, 3.63) is 96.8 Å². The summed E-state index contributed by atoms with van der Waals surface area (Å²) < 4.78 is 13.2. The summed E-state index contributed by atoms with van der Waals surface area (Å²) in [5, 5.41) is -0.291.